The molecule has 0 saturated carbocycles. The van der Waals surface area contributed by atoms with Gasteiger partial charge in [-0.2, -0.15) is 13.2 Å². The summed E-state index contributed by atoms with van der Waals surface area (Å²) in [5.74, 6) is -0.678. The third kappa shape index (κ3) is 4.61. The summed E-state index contributed by atoms with van der Waals surface area (Å²) in [5.41, 5.74) is -0.423. The molecule has 0 radical (unpaired) electrons. The molecule has 0 aliphatic heterocycles. The lowest BCUT2D eigenvalue weighted by Gasteiger charge is -2.12. The van der Waals surface area contributed by atoms with Gasteiger partial charge < -0.3 is 9.88 Å². The van der Waals surface area contributed by atoms with Gasteiger partial charge in [0.25, 0.3) is 11.5 Å². The van der Waals surface area contributed by atoms with E-state index >= 15 is 0 Å². The molecule has 3 aromatic rings. The molecule has 144 valence electrons. The van der Waals surface area contributed by atoms with Crippen molar-refractivity contribution in [3.05, 3.63) is 98.9 Å². The van der Waals surface area contributed by atoms with Crippen molar-refractivity contribution in [3.8, 4) is 0 Å². The van der Waals surface area contributed by atoms with Crippen LogP contribution in [0.3, 0.4) is 0 Å². The number of halogens is 4. The molecule has 1 N–H and O–H groups in total. The first-order valence-corrected chi connectivity index (χ1v) is 8.54. The van der Waals surface area contributed by atoms with Crippen LogP contribution in [0, 0.1) is 0 Å². The van der Waals surface area contributed by atoms with Gasteiger partial charge in [-0.25, -0.2) is 0 Å². The predicted molar refractivity (Wildman–Crippen MR) is 101 cm³/mol. The molecule has 0 atom stereocenters. The van der Waals surface area contributed by atoms with Crippen molar-refractivity contribution < 1.29 is 18.0 Å². The number of nitrogens with one attached hydrogen (secondary N) is 1. The molecule has 0 aliphatic carbocycles. The second-order valence-corrected chi connectivity index (χ2v) is 6.42. The first-order chi connectivity index (χ1) is 13.2. The number of carbonyl (C=O) groups is 1. The summed E-state index contributed by atoms with van der Waals surface area (Å²) in [6.07, 6.45) is -3.21. The molecule has 4 nitrogen and oxygen atoms in total. The van der Waals surface area contributed by atoms with E-state index in [1.54, 1.807) is 0 Å². The molecule has 1 aromatic heterocycles. The first-order valence-electron chi connectivity index (χ1n) is 8.16. The lowest BCUT2D eigenvalue weighted by atomic mass is 10.1. The Morgan fingerprint density at radius 2 is 1.75 bits per heavy atom. The van der Waals surface area contributed by atoms with Gasteiger partial charge in [0.1, 0.15) is 0 Å². The zero-order valence-corrected chi connectivity index (χ0v) is 15.1. The molecular weight excluding hydrogens is 393 g/mol. The highest BCUT2D eigenvalue weighted by atomic mass is 35.5. The molecule has 0 spiro atoms. The van der Waals surface area contributed by atoms with E-state index in [9.17, 15) is 22.8 Å². The van der Waals surface area contributed by atoms with E-state index in [4.69, 9.17) is 11.6 Å². The Morgan fingerprint density at radius 3 is 2.43 bits per heavy atom. The Labute approximate surface area is 163 Å². The van der Waals surface area contributed by atoms with Crippen LogP contribution in [0.4, 0.5) is 18.9 Å². The van der Waals surface area contributed by atoms with Crippen molar-refractivity contribution in [1.82, 2.24) is 4.57 Å². The third-order valence-electron chi connectivity index (χ3n) is 3.98. The SMILES string of the molecule is O=C(Nc1cc(C(F)(F)F)ccc1Cl)c1ccc(=O)n(Cc2ccccc2)c1. The van der Waals surface area contributed by atoms with Gasteiger partial charge in [0.2, 0.25) is 0 Å². The van der Waals surface area contributed by atoms with Gasteiger partial charge in [0.15, 0.2) is 0 Å². The summed E-state index contributed by atoms with van der Waals surface area (Å²) in [5, 5.41) is 2.33. The van der Waals surface area contributed by atoms with Gasteiger partial charge in [-0.05, 0) is 29.8 Å². The van der Waals surface area contributed by atoms with Crippen molar-refractivity contribution in [2.24, 2.45) is 0 Å². The van der Waals surface area contributed by atoms with E-state index in [1.165, 1.54) is 22.9 Å². The number of hydrogen-bond donors (Lipinski definition) is 1. The monoisotopic (exact) mass is 406 g/mol. The summed E-state index contributed by atoms with van der Waals surface area (Å²) in [7, 11) is 0. The molecular formula is C20H14ClF3N2O2. The molecule has 0 fully saturated rings. The van der Waals surface area contributed by atoms with Gasteiger partial charge in [-0.3, -0.25) is 9.59 Å². The van der Waals surface area contributed by atoms with Crippen LogP contribution >= 0.6 is 11.6 Å². The molecule has 1 heterocycles. The fourth-order valence-corrected chi connectivity index (χ4v) is 2.73. The number of anilines is 1. The molecule has 0 aliphatic rings. The number of carbonyl (C=O) groups excluding carboxylic acids is 1. The Balaban J connectivity index is 1.86. The molecule has 28 heavy (non-hydrogen) atoms. The summed E-state index contributed by atoms with van der Waals surface area (Å²) in [6, 6.07) is 14.4. The fourth-order valence-electron chi connectivity index (χ4n) is 2.56. The normalized spacial score (nSPS) is 11.3. The molecule has 3 rings (SSSR count). The second kappa shape index (κ2) is 7.90. The van der Waals surface area contributed by atoms with Crippen molar-refractivity contribution in [2.45, 2.75) is 12.7 Å². The van der Waals surface area contributed by atoms with Crippen LogP contribution in [-0.2, 0) is 12.7 Å². The van der Waals surface area contributed by atoms with Gasteiger partial charge >= 0.3 is 6.18 Å². The highest BCUT2D eigenvalue weighted by molar-refractivity contribution is 6.34. The van der Waals surface area contributed by atoms with E-state index in [0.29, 0.717) is 0 Å². The molecule has 2 aromatic carbocycles. The number of alkyl halides is 3. The maximum absolute atomic E-state index is 12.9. The summed E-state index contributed by atoms with van der Waals surface area (Å²) in [4.78, 5) is 24.5. The lowest BCUT2D eigenvalue weighted by molar-refractivity contribution is -0.137. The maximum atomic E-state index is 12.9. The maximum Gasteiger partial charge on any atom is 0.416 e. The number of rotatable bonds is 4. The van der Waals surface area contributed by atoms with Crippen LogP contribution in [0.5, 0.6) is 0 Å². The van der Waals surface area contributed by atoms with Crippen LogP contribution in [-0.4, -0.2) is 10.5 Å². The average molecular weight is 407 g/mol. The van der Waals surface area contributed by atoms with Crippen LogP contribution < -0.4 is 10.9 Å². The molecule has 8 heteroatoms. The van der Waals surface area contributed by atoms with E-state index in [2.05, 4.69) is 5.32 Å². The molecule has 0 bridgehead atoms. The topological polar surface area (TPSA) is 51.1 Å². The van der Waals surface area contributed by atoms with Crippen LogP contribution in [0.1, 0.15) is 21.5 Å². The minimum Gasteiger partial charge on any atom is -0.321 e. The van der Waals surface area contributed by atoms with Gasteiger partial charge in [0.05, 0.1) is 28.4 Å². The average Bonchev–Trinajstić information content (AvgIpc) is 2.65. The Hall–Kier alpha value is -3.06. The Kier molecular flexibility index (Phi) is 5.56. The number of nitrogens with zero attached hydrogens (tertiary/aromatic N) is 1. The van der Waals surface area contributed by atoms with Crippen molar-refractivity contribution >= 4 is 23.2 Å². The van der Waals surface area contributed by atoms with E-state index in [-0.39, 0.29) is 28.4 Å². The van der Waals surface area contributed by atoms with Crippen LogP contribution in [0.15, 0.2) is 71.7 Å². The largest absolute Gasteiger partial charge is 0.416 e. The minimum atomic E-state index is -4.56. The standard InChI is InChI=1S/C20H14ClF3N2O2/c21-16-8-7-15(20(22,23)24)10-17(16)25-19(28)14-6-9-18(27)26(12-14)11-13-4-2-1-3-5-13/h1-10,12H,11H2,(H,25,28). The fraction of sp³-hybridized carbons (Fsp3) is 0.100. The molecule has 0 unspecified atom stereocenters. The number of aromatic nitrogens is 1. The zero-order valence-electron chi connectivity index (χ0n) is 14.3. The number of amides is 1. The number of pyridine rings is 1. The minimum absolute atomic E-state index is 0.0287. The Morgan fingerprint density at radius 1 is 1.04 bits per heavy atom. The van der Waals surface area contributed by atoms with Crippen LogP contribution in [0.2, 0.25) is 5.02 Å². The van der Waals surface area contributed by atoms with Gasteiger partial charge in [-0.15, -0.1) is 0 Å². The van der Waals surface area contributed by atoms with Crippen molar-refractivity contribution in [1.29, 1.82) is 0 Å². The van der Waals surface area contributed by atoms with Crippen molar-refractivity contribution in [2.75, 3.05) is 5.32 Å². The smallest absolute Gasteiger partial charge is 0.321 e. The summed E-state index contributed by atoms with van der Waals surface area (Å²) in [6.45, 7) is 0.255. The zero-order chi connectivity index (χ0) is 20.3. The first kappa shape index (κ1) is 19.7. The van der Waals surface area contributed by atoms with E-state index in [0.717, 1.165) is 23.8 Å². The second-order valence-electron chi connectivity index (χ2n) is 6.02. The molecule has 0 saturated heterocycles. The van der Waals surface area contributed by atoms with E-state index in [1.807, 2.05) is 30.3 Å². The number of hydrogen-bond acceptors (Lipinski definition) is 2. The highest BCUT2D eigenvalue weighted by Crippen LogP contribution is 2.33. The summed E-state index contributed by atoms with van der Waals surface area (Å²) >= 11 is 5.90. The number of benzene rings is 2. The van der Waals surface area contributed by atoms with E-state index < -0.39 is 17.6 Å². The lowest BCUT2D eigenvalue weighted by Crippen LogP contribution is -2.22. The molecule has 1 amide bonds. The van der Waals surface area contributed by atoms with Crippen LogP contribution in [0.25, 0.3) is 0 Å². The van der Waals surface area contributed by atoms with Gasteiger partial charge in [-0.1, -0.05) is 41.9 Å². The quantitative estimate of drug-likeness (QED) is 0.675. The third-order valence-corrected chi connectivity index (χ3v) is 4.31. The van der Waals surface area contributed by atoms with Crippen molar-refractivity contribution in [3.63, 3.8) is 0 Å². The predicted octanol–water partition coefficient (Wildman–Crippen LogP) is 4.82. The highest BCUT2D eigenvalue weighted by Gasteiger charge is 2.31. The Bertz CT molecular complexity index is 1060. The summed E-state index contributed by atoms with van der Waals surface area (Å²) < 4.78 is 40.0. The van der Waals surface area contributed by atoms with Gasteiger partial charge in [0, 0.05) is 12.3 Å².